The number of nitrogens with one attached hydrogen (secondary N) is 2. The van der Waals surface area contributed by atoms with Crippen molar-refractivity contribution in [2.24, 2.45) is 11.3 Å². The van der Waals surface area contributed by atoms with Gasteiger partial charge in [-0.25, -0.2) is 4.98 Å². The van der Waals surface area contributed by atoms with Crippen molar-refractivity contribution in [3.8, 4) is 17.3 Å². The van der Waals surface area contributed by atoms with Gasteiger partial charge in [-0.3, -0.25) is 9.89 Å². The number of methoxy groups -OCH3 is 1. The van der Waals surface area contributed by atoms with Gasteiger partial charge in [-0.2, -0.15) is 5.10 Å². The third-order valence-corrected chi connectivity index (χ3v) is 6.69. The number of carbonyl (C=O) groups excluding carboxylic acids is 1. The van der Waals surface area contributed by atoms with Crippen molar-refractivity contribution in [1.82, 2.24) is 20.2 Å². The number of fused-ring (bicyclic) bond motifs is 3. The van der Waals surface area contributed by atoms with Crippen molar-refractivity contribution in [3.05, 3.63) is 23.4 Å². The van der Waals surface area contributed by atoms with Gasteiger partial charge in [0.1, 0.15) is 18.1 Å². The summed E-state index contributed by atoms with van der Waals surface area (Å²) in [5.41, 5.74) is 6.18. The number of aromatic amines is 2. The molecule has 0 unspecified atom stereocenters. The largest absolute Gasteiger partial charge is 0.489 e. The molecule has 1 aromatic carbocycles. The fourth-order valence-electron chi connectivity index (χ4n) is 4.57. The van der Waals surface area contributed by atoms with Crippen LogP contribution in [0.1, 0.15) is 31.5 Å². The fraction of sp³-hybridized carbons (Fsp3) is 0.500. The molecule has 0 aliphatic heterocycles. The van der Waals surface area contributed by atoms with Crippen molar-refractivity contribution in [3.63, 3.8) is 0 Å². The van der Waals surface area contributed by atoms with Crippen LogP contribution in [0.15, 0.2) is 12.1 Å². The van der Waals surface area contributed by atoms with Gasteiger partial charge < -0.3 is 19.4 Å². The summed E-state index contributed by atoms with van der Waals surface area (Å²) in [6, 6.07) is 3.78. The zero-order valence-corrected chi connectivity index (χ0v) is 17.8. The summed E-state index contributed by atoms with van der Waals surface area (Å²) in [4.78, 5) is 21.8. The van der Waals surface area contributed by atoms with Gasteiger partial charge in [0.15, 0.2) is 5.82 Å². The number of rotatable bonds is 6. The van der Waals surface area contributed by atoms with Crippen LogP contribution in [-0.4, -0.2) is 53.4 Å². The number of amides is 1. The van der Waals surface area contributed by atoms with Crippen LogP contribution < -0.4 is 9.64 Å². The lowest BCUT2D eigenvalue weighted by molar-refractivity contribution is -0.116. The molecule has 3 aromatic rings. The summed E-state index contributed by atoms with van der Waals surface area (Å²) < 4.78 is 11.0. The number of aromatic nitrogens is 4. The highest BCUT2D eigenvalue weighted by Crippen LogP contribution is 2.59. The maximum Gasteiger partial charge on any atom is 0.223 e. The predicted molar refractivity (Wildman–Crippen MR) is 114 cm³/mol. The number of ether oxygens (including phenoxy) is 2. The quantitative estimate of drug-likeness (QED) is 0.610. The van der Waals surface area contributed by atoms with Gasteiger partial charge in [0.05, 0.1) is 23.3 Å². The first-order valence-electron chi connectivity index (χ1n) is 10.4. The summed E-state index contributed by atoms with van der Waals surface area (Å²) in [6.45, 7) is 4.75. The minimum atomic E-state index is -0.0736. The fourth-order valence-corrected chi connectivity index (χ4v) is 4.57. The summed E-state index contributed by atoms with van der Waals surface area (Å²) in [6.07, 6.45) is 3.40. The van der Waals surface area contributed by atoms with E-state index >= 15 is 0 Å². The Labute approximate surface area is 175 Å². The molecule has 0 spiro atoms. The maximum atomic E-state index is 12.0. The molecule has 2 aliphatic rings. The van der Waals surface area contributed by atoms with Gasteiger partial charge in [0.25, 0.3) is 0 Å². The third-order valence-electron chi connectivity index (χ3n) is 6.69. The first-order chi connectivity index (χ1) is 14.4. The van der Waals surface area contributed by atoms with Crippen LogP contribution in [0.5, 0.6) is 5.75 Å². The Morgan fingerprint density at radius 2 is 2.20 bits per heavy atom. The number of imidazole rings is 1. The Bertz CT molecular complexity index is 1130. The summed E-state index contributed by atoms with van der Waals surface area (Å²) in [7, 11) is 3.36. The van der Waals surface area contributed by atoms with Gasteiger partial charge >= 0.3 is 0 Å². The molecule has 0 saturated heterocycles. The Balaban J connectivity index is 1.54. The average molecular weight is 409 g/mol. The van der Waals surface area contributed by atoms with Crippen molar-refractivity contribution >= 4 is 22.6 Å². The second-order valence-corrected chi connectivity index (χ2v) is 8.81. The van der Waals surface area contributed by atoms with Crippen LogP contribution in [0.3, 0.4) is 0 Å². The Kier molecular flexibility index (Phi) is 4.36. The minimum Gasteiger partial charge on any atom is -0.489 e. The minimum absolute atomic E-state index is 0.0736. The van der Waals surface area contributed by atoms with Crippen molar-refractivity contribution in [2.75, 3.05) is 32.3 Å². The first kappa shape index (κ1) is 19.1. The van der Waals surface area contributed by atoms with Crippen LogP contribution in [0.2, 0.25) is 0 Å². The molecule has 1 amide bonds. The molecule has 0 radical (unpaired) electrons. The van der Waals surface area contributed by atoms with Gasteiger partial charge in [0.2, 0.25) is 5.91 Å². The molecule has 2 aliphatic carbocycles. The summed E-state index contributed by atoms with van der Waals surface area (Å²) >= 11 is 0. The monoisotopic (exact) mass is 409 g/mol. The van der Waals surface area contributed by atoms with Crippen LogP contribution in [0, 0.1) is 11.3 Å². The van der Waals surface area contributed by atoms with E-state index in [0.29, 0.717) is 30.1 Å². The van der Waals surface area contributed by atoms with E-state index < -0.39 is 0 Å². The van der Waals surface area contributed by atoms with Crippen molar-refractivity contribution in [2.45, 2.75) is 33.1 Å². The third kappa shape index (κ3) is 3.06. The molecule has 2 N–H and O–H groups in total. The maximum absolute atomic E-state index is 12.0. The van der Waals surface area contributed by atoms with Crippen molar-refractivity contribution in [1.29, 1.82) is 0 Å². The molecule has 8 nitrogen and oxygen atoms in total. The molecule has 0 bridgehead atoms. The van der Waals surface area contributed by atoms with E-state index in [1.165, 1.54) is 24.6 Å². The Hall–Kier alpha value is -2.87. The van der Waals surface area contributed by atoms with Crippen LogP contribution in [0.4, 0.5) is 5.69 Å². The molecule has 1 fully saturated rings. The highest BCUT2D eigenvalue weighted by atomic mass is 16.5. The number of hydrogen-bond donors (Lipinski definition) is 2. The zero-order valence-electron chi connectivity index (χ0n) is 17.8. The molecule has 1 saturated carbocycles. The molecule has 30 heavy (non-hydrogen) atoms. The van der Waals surface area contributed by atoms with Gasteiger partial charge in [-0.1, -0.05) is 6.92 Å². The molecule has 2 heterocycles. The number of H-pyrrole nitrogens is 2. The van der Waals surface area contributed by atoms with E-state index in [2.05, 4.69) is 22.1 Å². The molecular formula is C22H27N5O3. The lowest BCUT2D eigenvalue weighted by atomic mass is 9.88. The molecular weight excluding hydrogens is 382 g/mol. The second kappa shape index (κ2) is 6.84. The topological polar surface area (TPSA) is 96.1 Å². The second-order valence-electron chi connectivity index (χ2n) is 8.81. The Morgan fingerprint density at radius 3 is 2.97 bits per heavy atom. The summed E-state index contributed by atoms with van der Waals surface area (Å²) in [5, 5.41) is 7.83. The smallest absolute Gasteiger partial charge is 0.223 e. The van der Waals surface area contributed by atoms with E-state index in [4.69, 9.17) is 14.5 Å². The number of carbonyl (C=O) groups is 1. The SMILES string of the molecule is COCCOc1cc2[nH]c(-c3n[nH]c4c3C[C@@H]3C[C@]3(C)C4)nc2cc1N(C)C(C)=O. The van der Waals surface area contributed by atoms with E-state index in [1.54, 1.807) is 19.1 Å². The zero-order chi connectivity index (χ0) is 21.0. The average Bonchev–Trinajstić information content (AvgIpc) is 3.01. The van der Waals surface area contributed by atoms with Crippen LogP contribution in [0.25, 0.3) is 22.6 Å². The summed E-state index contributed by atoms with van der Waals surface area (Å²) in [5.74, 6) is 2.04. The molecule has 2 atom stereocenters. The molecule has 8 heteroatoms. The van der Waals surface area contributed by atoms with Gasteiger partial charge in [-0.05, 0) is 36.7 Å². The van der Waals surface area contributed by atoms with Crippen LogP contribution in [-0.2, 0) is 22.4 Å². The Morgan fingerprint density at radius 1 is 1.37 bits per heavy atom. The number of benzene rings is 1. The number of anilines is 1. The number of hydrogen-bond acceptors (Lipinski definition) is 5. The molecule has 158 valence electrons. The molecule has 2 aromatic heterocycles. The standard InChI is InChI=1S/C22H27N5O3/c1-12(28)27(3)18-8-15-16(9-19(18)30-6-5-29-4)24-21(23-15)20-14-7-13-10-22(13,2)11-17(14)25-26-20/h8-9,13H,5-7,10-11H2,1-4H3,(H,23,24)(H,25,26)/t13-,22-/m1/s1. The van der Waals surface area contributed by atoms with E-state index in [0.717, 1.165) is 41.3 Å². The van der Waals surface area contributed by atoms with E-state index in [1.807, 2.05) is 12.1 Å². The van der Waals surface area contributed by atoms with Gasteiger partial charge in [0, 0.05) is 38.4 Å². The van der Waals surface area contributed by atoms with E-state index in [9.17, 15) is 4.79 Å². The molecule has 5 rings (SSSR count). The van der Waals surface area contributed by atoms with Gasteiger partial charge in [-0.15, -0.1) is 0 Å². The lowest BCUT2D eigenvalue weighted by Crippen LogP contribution is -2.23. The predicted octanol–water partition coefficient (Wildman–Crippen LogP) is 3.09. The van der Waals surface area contributed by atoms with Crippen LogP contribution >= 0.6 is 0 Å². The normalized spacial score (nSPS) is 21.9. The lowest BCUT2D eigenvalue weighted by Gasteiger charge is -2.19. The highest BCUT2D eigenvalue weighted by molar-refractivity contribution is 5.96. The van der Waals surface area contributed by atoms with Crippen molar-refractivity contribution < 1.29 is 14.3 Å². The first-order valence-corrected chi connectivity index (χ1v) is 10.4. The van der Waals surface area contributed by atoms with E-state index in [-0.39, 0.29) is 5.91 Å². The number of nitrogens with zero attached hydrogens (tertiary/aromatic N) is 3. The highest BCUT2D eigenvalue weighted by Gasteiger charge is 2.53.